The molecule has 0 saturated heterocycles. The number of hydrogen-bond donors (Lipinski definition) is 1. The van der Waals surface area contributed by atoms with Gasteiger partial charge in [0.05, 0.1) is 29.3 Å². The highest BCUT2D eigenvalue weighted by molar-refractivity contribution is 5.33. The van der Waals surface area contributed by atoms with Crippen molar-refractivity contribution in [1.82, 2.24) is 30.3 Å². The fourth-order valence-electron chi connectivity index (χ4n) is 2.13. The molecule has 0 spiro atoms. The van der Waals surface area contributed by atoms with E-state index in [9.17, 15) is 0 Å². The van der Waals surface area contributed by atoms with Crippen molar-refractivity contribution in [3.8, 4) is 5.69 Å². The highest BCUT2D eigenvalue weighted by Gasteiger charge is 2.19. The van der Waals surface area contributed by atoms with Gasteiger partial charge in [-0.3, -0.25) is 0 Å². The highest BCUT2D eigenvalue weighted by atomic mass is 15.4. The third kappa shape index (κ3) is 2.28. The third-order valence-electron chi connectivity index (χ3n) is 3.06. The second kappa shape index (κ2) is 5.58. The van der Waals surface area contributed by atoms with E-state index in [0.717, 1.165) is 17.1 Å². The zero-order valence-corrected chi connectivity index (χ0v) is 11.0. The molecule has 3 aromatic rings. The number of rotatable bonds is 4. The summed E-state index contributed by atoms with van der Waals surface area (Å²) in [5.74, 6) is 0. The molecule has 6 nitrogen and oxygen atoms in total. The second-order valence-corrected chi connectivity index (χ2v) is 4.26. The van der Waals surface area contributed by atoms with Crippen LogP contribution in [-0.4, -0.2) is 32.0 Å². The summed E-state index contributed by atoms with van der Waals surface area (Å²) in [6.45, 7) is 0. The number of nitrogens with one attached hydrogen (secondary N) is 1. The first-order valence-corrected chi connectivity index (χ1v) is 6.29. The highest BCUT2D eigenvalue weighted by Crippen LogP contribution is 2.20. The maximum atomic E-state index is 4.30. The zero-order valence-electron chi connectivity index (χ0n) is 11.0. The number of para-hydroxylation sites is 1. The van der Waals surface area contributed by atoms with Crippen LogP contribution in [0.15, 0.2) is 55.1 Å². The molecule has 0 bridgehead atoms. The number of hydrogen-bond acceptors (Lipinski definition) is 5. The van der Waals surface area contributed by atoms with E-state index < -0.39 is 0 Å². The summed E-state index contributed by atoms with van der Waals surface area (Å²) in [4.78, 5) is 8.25. The van der Waals surface area contributed by atoms with Gasteiger partial charge < -0.3 is 5.32 Å². The zero-order chi connectivity index (χ0) is 13.8. The Kier molecular flexibility index (Phi) is 3.47. The van der Waals surface area contributed by atoms with E-state index in [0.29, 0.717) is 0 Å². The van der Waals surface area contributed by atoms with Gasteiger partial charge >= 0.3 is 0 Å². The van der Waals surface area contributed by atoms with Gasteiger partial charge in [0, 0.05) is 6.20 Å². The lowest BCUT2D eigenvalue weighted by Gasteiger charge is -2.16. The maximum Gasteiger partial charge on any atom is 0.115 e. The van der Waals surface area contributed by atoms with Crippen molar-refractivity contribution in [1.29, 1.82) is 0 Å². The standard InChI is InChI=1S/C14H14N6/c1-15-14(12-7-8-16-10-17-12)13-9-18-19-20(13)11-5-3-2-4-6-11/h2-10,14-15H,1H3. The molecule has 0 saturated carbocycles. The summed E-state index contributed by atoms with van der Waals surface area (Å²) < 4.78 is 1.81. The summed E-state index contributed by atoms with van der Waals surface area (Å²) in [7, 11) is 1.88. The Balaban J connectivity index is 2.04. The summed E-state index contributed by atoms with van der Waals surface area (Å²) >= 11 is 0. The van der Waals surface area contributed by atoms with E-state index in [4.69, 9.17) is 0 Å². The summed E-state index contributed by atoms with van der Waals surface area (Å²) in [6, 6.07) is 11.7. The van der Waals surface area contributed by atoms with E-state index in [-0.39, 0.29) is 6.04 Å². The van der Waals surface area contributed by atoms with Gasteiger partial charge in [0.15, 0.2) is 0 Å². The normalized spacial score (nSPS) is 12.2. The Morgan fingerprint density at radius 3 is 2.70 bits per heavy atom. The molecule has 1 N–H and O–H groups in total. The quantitative estimate of drug-likeness (QED) is 0.772. The summed E-state index contributed by atoms with van der Waals surface area (Å²) in [5.41, 5.74) is 2.77. The fraction of sp³-hybridized carbons (Fsp3) is 0.143. The summed E-state index contributed by atoms with van der Waals surface area (Å²) in [6.07, 6.45) is 5.01. The van der Waals surface area contributed by atoms with Crippen molar-refractivity contribution in [2.75, 3.05) is 7.05 Å². The molecule has 2 heterocycles. The van der Waals surface area contributed by atoms with Crippen LogP contribution in [0.5, 0.6) is 0 Å². The van der Waals surface area contributed by atoms with Crippen molar-refractivity contribution in [3.63, 3.8) is 0 Å². The molecule has 0 aliphatic rings. The minimum atomic E-state index is -0.0896. The number of benzene rings is 1. The molecule has 0 aliphatic heterocycles. The van der Waals surface area contributed by atoms with Gasteiger partial charge in [0.1, 0.15) is 6.33 Å². The van der Waals surface area contributed by atoms with E-state index in [1.807, 2.05) is 48.1 Å². The number of nitrogens with zero attached hydrogens (tertiary/aromatic N) is 5. The molecule has 0 amide bonds. The van der Waals surface area contributed by atoms with Crippen LogP contribution in [0.1, 0.15) is 17.4 Å². The van der Waals surface area contributed by atoms with Crippen LogP contribution >= 0.6 is 0 Å². The monoisotopic (exact) mass is 266 g/mol. The fourth-order valence-corrected chi connectivity index (χ4v) is 2.13. The first-order chi connectivity index (χ1) is 9.90. The first kappa shape index (κ1) is 12.4. The smallest absolute Gasteiger partial charge is 0.115 e. The van der Waals surface area contributed by atoms with E-state index in [2.05, 4.69) is 25.6 Å². The third-order valence-corrected chi connectivity index (χ3v) is 3.06. The summed E-state index contributed by atoms with van der Waals surface area (Å²) in [5, 5.41) is 11.4. The minimum absolute atomic E-state index is 0.0896. The molecule has 2 aromatic heterocycles. The van der Waals surface area contributed by atoms with Gasteiger partial charge in [-0.1, -0.05) is 23.4 Å². The molecule has 0 aliphatic carbocycles. The average molecular weight is 266 g/mol. The van der Waals surface area contributed by atoms with Gasteiger partial charge in [-0.2, -0.15) is 0 Å². The Labute approximate surface area is 116 Å². The van der Waals surface area contributed by atoms with Crippen molar-refractivity contribution in [2.24, 2.45) is 0 Å². The Morgan fingerprint density at radius 2 is 2.00 bits per heavy atom. The predicted octanol–water partition coefficient (Wildman–Crippen LogP) is 1.37. The Morgan fingerprint density at radius 1 is 1.15 bits per heavy atom. The van der Waals surface area contributed by atoms with Crippen LogP contribution in [0.2, 0.25) is 0 Å². The molecule has 1 unspecified atom stereocenters. The largest absolute Gasteiger partial charge is 0.307 e. The lowest BCUT2D eigenvalue weighted by molar-refractivity contribution is 0.617. The van der Waals surface area contributed by atoms with Gasteiger partial charge in [-0.05, 0) is 25.2 Å². The lowest BCUT2D eigenvalue weighted by Crippen LogP contribution is -2.22. The molecule has 6 heteroatoms. The van der Waals surface area contributed by atoms with Crippen LogP contribution in [0, 0.1) is 0 Å². The van der Waals surface area contributed by atoms with E-state index in [1.165, 1.54) is 6.33 Å². The van der Waals surface area contributed by atoms with Crippen molar-refractivity contribution < 1.29 is 0 Å². The van der Waals surface area contributed by atoms with Crippen LogP contribution in [0.4, 0.5) is 0 Å². The van der Waals surface area contributed by atoms with E-state index >= 15 is 0 Å². The minimum Gasteiger partial charge on any atom is -0.307 e. The van der Waals surface area contributed by atoms with Crippen molar-refractivity contribution in [3.05, 3.63) is 66.5 Å². The Hall–Kier alpha value is -2.60. The Bertz CT molecular complexity index is 664. The molecule has 100 valence electrons. The predicted molar refractivity (Wildman–Crippen MR) is 74.3 cm³/mol. The van der Waals surface area contributed by atoms with Gasteiger partial charge in [0.25, 0.3) is 0 Å². The molecular weight excluding hydrogens is 252 g/mol. The molecule has 20 heavy (non-hydrogen) atoms. The van der Waals surface area contributed by atoms with Crippen LogP contribution < -0.4 is 5.32 Å². The van der Waals surface area contributed by atoms with Crippen molar-refractivity contribution >= 4 is 0 Å². The average Bonchev–Trinajstić information content (AvgIpc) is 2.99. The van der Waals surface area contributed by atoms with Gasteiger partial charge in [-0.15, -0.1) is 5.10 Å². The number of aromatic nitrogens is 5. The molecular formula is C14H14N6. The lowest BCUT2D eigenvalue weighted by atomic mass is 10.1. The molecule has 0 radical (unpaired) electrons. The van der Waals surface area contributed by atoms with Crippen LogP contribution in [-0.2, 0) is 0 Å². The van der Waals surface area contributed by atoms with Gasteiger partial charge in [0.2, 0.25) is 0 Å². The molecule has 1 aromatic carbocycles. The topological polar surface area (TPSA) is 68.5 Å². The van der Waals surface area contributed by atoms with Gasteiger partial charge in [-0.25, -0.2) is 14.6 Å². The van der Waals surface area contributed by atoms with Crippen molar-refractivity contribution in [2.45, 2.75) is 6.04 Å². The molecule has 0 fully saturated rings. The van der Waals surface area contributed by atoms with Crippen LogP contribution in [0.25, 0.3) is 5.69 Å². The second-order valence-electron chi connectivity index (χ2n) is 4.26. The maximum absolute atomic E-state index is 4.30. The SMILES string of the molecule is CNC(c1ccncn1)c1cnnn1-c1ccccc1. The molecule has 3 rings (SSSR count). The molecule has 1 atom stereocenters. The first-order valence-electron chi connectivity index (χ1n) is 6.29. The van der Waals surface area contributed by atoms with Crippen LogP contribution in [0.3, 0.4) is 0 Å². The van der Waals surface area contributed by atoms with E-state index in [1.54, 1.807) is 12.4 Å².